The van der Waals surface area contributed by atoms with Crippen molar-refractivity contribution in [1.29, 1.82) is 0 Å². The number of carbonyl (C=O) groups is 2. The molecule has 1 fully saturated rings. The van der Waals surface area contributed by atoms with E-state index in [1.165, 1.54) is 29.7 Å². The molecule has 0 bridgehead atoms. The summed E-state index contributed by atoms with van der Waals surface area (Å²) in [6, 6.07) is 10.9. The Balaban J connectivity index is 1.74. The third-order valence-electron chi connectivity index (χ3n) is 5.81. The summed E-state index contributed by atoms with van der Waals surface area (Å²) in [7, 11) is -2.51. The maximum absolute atomic E-state index is 13.6. The highest BCUT2D eigenvalue weighted by Gasteiger charge is 2.58. The first-order chi connectivity index (χ1) is 13.4. The maximum Gasteiger partial charge on any atom is 0.266 e. The topological polar surface area (TPSA) is 87.7 Å². The summed E-state index contributed by atoms with van der Waals surface area (Å²) < 4.78 is 28.4. The Labute approximate surface area is 162 Å². The number of carbonyl (C=O) groups excluding carboxylic acids is 2. The van der Waals surface area contributed by atoms with Crippen LogP contribution in [-0.4, -0.2) is 43.2 Å². The highest BCUT2D eigenvalue weighted by Crippen LogP contribution is 2.51. The molecule has 1 aromatic carbocycles. The number of rotatable bonds is 2. The fourth-order valence-electron chi connectivity index (χ4n) is 4.52. The van der Waals surface area contributed by atoms with Crippen molar-refractivity contribution in [1.82, 2.24) is 9.88 Å². The van der Waals surface area contributed by atoms with Gasteiger partial charge >= 0.3 is 0 Å². The van der Waals surface area contributed by atoms with Gasteiger partial charge in [-0.15, -0.1) is 0 Å². The minimum atomic E-state index is -3.97. The number of pyridine rings is 1. The Morgan fingerprint density at radius 1 is 1.04 bits per heavy atom. The average molecular weight is 395 g/mol. The lowest BCUT2D eigenvalue weighted by Gasteiger charge is -2.33. The molecular formula is C20H17N3O4S. The van der Waals surface area contributed by atoms with Crippen molar-refractivity contribution in [3.8, 4) is 0 Å². The number of likely N-dealkylation sites (tertiary alicyclic amines) is 1. The van der Waals surface area contributed by atoms with Crippen LogP contribution in [-0.2, 0) is 19.6 Å². The van der Waals surface area contributed by atoms with Crippen molar-refractivity contribution in [3.05, 3.63) is 60.3 Å². The normalized spacial score (nSPS) is 26.0. The fourth-order valence-corrected chi connectivity index (χ4v) is 6.16. The molecule has 142 valence electrons. The van der Waals surface area contributed by atoms with Gasteiger partial charge in [-0.3, -0.25) is 14.5 Å². The molecular weight excluding hydrogens is 378 g/mol. The first-order valence-electron chi connectivity index (χ1n) is 8.99. The molecule has 0 radical (unpaired) electrons. The predicted molar refractivity (Wildman–Crippen MR) is 101 cm³/mol. The third kappa shape index (κ3) is 2.09. The van der Waals surface area contributed by atoms with Crippen LogP contribution in [0.4, 0.5) is 5.82 Å². The van der Waals surface area contributed by atoms with Gasteiger partial charge in [0.2, 0.25) is 11.8 Å². The van der Waals surface area contributed by atoms with Gasteiger partial charge in [-0.05, 0) is 36.3 Å². The van der Waals surface area contributed by atoms with Crippen molar-refractivity contribution >= 4 is 33.2 Å². The summed E-state index contributed by atoms with van der Waals surface area (Å²) in [4.78, 5) is 31.0. The Morgan fingerprint density at radius 3 is 2.54 bits per heavy atom. The fraction of sp³-hybridized carbons (Fsp3) is 0.250. The van der Waals surface area contributed by atoms with Crippen LogP contribution in [0.25, 0.3) is 5.57 Å². The zero-order valence-electron chi connectivity index (χ0n) is 15.0. The number of sulfonamides is 1. The van der Waals surface area contributed by atoms with Crippen LogP contribution in [0, 0.1) is 11.8 Å². The molecule has 1 aliphatic carbocycles. The van der Waals surface area contributed by atoms with E-state index in [2.05, 4.69) is 4.98 Å². The highest BCUT2D eigenvalue weighted by molar-refractivity contribution is 7.93. The van der Waals surface area contributed by atoms with E-state index in [-0.39, 0.29) is 16.7 Å². The van der Waals surface area contributed by atoms with Gasteiger partial charge in [0.15, 0.2) is 5.82 Å². The molecule has 3 atom stereocenters. The Hall–Kier alpha value is -3.00. The minimum Gasteiger partial charge on any atom is -0.285 e. The SMILES string of the molecule is CN1C(=O)[C@H]2[C@H](CC=C3c4cccnc4N(S(=O)(=O)c4ccccc4)[C@H]32)C1=O. The molecule has 0 unspecified atom stereocenters. The molecule has 3 aliphatic rings. The summed E-state index contributed by atoms with van der Waals surface area (Å²) in [6.07, 6.45) is 3.84. The summed E-state index contributed by atoms with van der Waals surface area (Å²) >= 11 is 0. The molecule has 5 rings (SSSR count). The Morgan fingerprint density at radius 2 is 1.79 bits per heavy atom. The van der Waals surface area contributed by atoms with Gasteiger partial charge in [-0.2, -0.15) is 0 Å². The lowest BCUT2D eigenvalue weighted by Crippen LogP contribution is -2.47. The summed E-state index contributed by atoms with van der Waals surface area (Å²) in [5.74, 6) is -1.59. The molecule has 3 heterocycles. The van der Waals surface area contributed by atoms with Crippen LogP contribution in [0.1, 0.15) is 12.0 Å². The number of nitrogens with zero attached hydrogens (tertiary/aromatic N) is 3. The molecule has 2 aromatic rings. The van der Waals surface area contributed by atoms with Gasteiger partial charge in [0.05, 0.1) is 22.8 Å². The van der Waals surface area contributed by atoms with E-state index in [0.29, 0.717) is 17.8 Å². The van der Waals surface area contributed by atoms with E-state index >= 15 is 0 Å². The first-order valence-corrected chi connectivity index (χ1v) is 10.4. The van der Waals surface area contributed by atoms with Crippen molar-refractivity contribution in [2.75, 3.05) is 11.4 Å². The zero-order chi connectivity index (χ0) is 19.6. The van der Waals surface area contributed by atoms with E-state index in [4.69, 9.17) is 0 Å². The molecule has 1 aromatic heterocycles. The number of anilines is 1. The zero-order valence-corrected chi connectivity index (χ0v) is 15.8. The monoisotopic (exact) mass is 395 g/mol. The van der Waals surface area contributed by atoms with Gasteiger partial charge in [0.1, 0.15) is 0 Å². The number of imide groups is 1. The lowest BCUT2D eigenvalue weighted by molar-refractivity contribution is -0.138. The van der Waals surface area contributed by atoms with Crippen molar-refractivity contribution < 1.29 is 18.0 Å². The van der Waals surface area contributed by atoms with Crippen LogP contribution in [0.3, 0.4) is 0 Å². The smallest absolute Gasteiger partial charge is 0.266 e. The van der Waals surface area contributed by atoms with Crippen molar-refractivity contribution in [3.63, 3.8) is 0 Å². The third-order valence-corrected chi connectivity index (χ3v) is 7.59. The van der Waals surface area contributed by atoms with Crippen LogP contribution >= 0.6 is 0 Å². The Bertz CT molecular complexity index is 1140. The lowest BCUT2D eigenvalue weighted by atomic mass is 9.77. The molecule has 1 saturated heterocycles. The molecule has 8 heteroatoms. The number of allylic oxidation sites excluding steroid dienone is 1. The Kier molecular flexibility index (Phi) is 3.51. The van der Waals surface area contributed by atoms with Crippen LogP contribution < -0.4 is 4.31 Å². The van der Waals surface area contributed by atoms with Gasteiger partial charge in [0, 0.05) is 18.8 Å². The average Bonchev–Trinajstić information content (AvgIpc) is 3.17. The predicted octanol–water partition coefficient (Wildman–Crippen LogP) is 1.68. The van der Waals surface area contributed by atoms with Crippen LogP contribution in [0.2, 0.25) is 0 Å². The van der Waals surface area contributed by atoms with E-state index in [1.807, 2.05) is 12.1 Å². The van der Waals surface area contributed by atoms with Gasteiger partial charge < -0.3 is 0 Å². The number of amides is 2. The number of benzene rings is 1. The van der Waals surface area contributed by atoms with E-state index < -0.39 is 27.9 Å². The number of aromatic nitrogens is 1. The second kappa shape index (κ2) is 5.75. The van der Waals surface area contributed by atoms with Crippen molar-refractivity contribution in [2.24, 2.45) is 11.8 Å². The highest BCUT2D eigenvalue weighted by atomic mass is 32.2. The second-order valence-corrected chi connectivity index (χ2v) is 9.01. The first kappa shape index (κ1) is 17.1. The van der Waals surface area contributed by atoms with E-state index in [9.17, 15) is 18.0 Å². The van der Waals surface area contributed by atoms with Crippen LogP contribution in [0.15, 0.2) is 59.6 Å². The van der Waals surface area contributed by atoms with E-state index in [0.717, 1.165) is 10.5 Å². The quantitative estimate of drug-likeness (QED) is 0.722. The van der Waals surface area contributed by atoms with Crippen LogP contribution in [0.5, 0.6) is 0 Å². The molecule has 2 amide bonds. The molecule has 0 spiro atoms. The molecule has 7 nitrogen and oxygen atoms in total. The molecule has 28 heavy (non-hydrogen) atoms. The molecule has 2 aliphatic heterocycles. The standard InChI is InChI=1S/C20H17N3O4S/c1-22-19(24)15-10-9-13-14-8-5-11-21-18(14)23(17(13)16(15)20(22)25)28(26,27)12-6-3-2-4-7-12/h2-9,11,15-17H,10H2,1H3/t15-,16-,17+/m0/s1. The number of hydrogen-bond acceptors (Lipinski definition) is 5. The summed E-state index contributed by atoms with van der Waals surface area (Å²) in [5.41, 5.74) is 1.44. The van der Waals surface area contributed by atoms with E-state index in [1.54, 1.807) is 24.3 Å². The van der Waals surface area contributed by atoms with Gasteiger partial charge in [-0.25, -0.2) is 17.7 Å². The number of fused-ring (bicyclic) bond motifs is 5. The van der Waals surface area contributed by atoms with Crippen molar-refractivity contribution in [2.45, 2.75) is 17.4 Å². The second-order valence-electron chi connectivity index (χ2n) is 7.20. The molecule has 0 saturated carbocycles. The maximum atomic E-state index is 13.6. The van der Waals surface area contributed by atoms with Gasteiger partial charge in [-0.1, -0.05) is 24.3 Å². The summed E-state index contributed by atoms with van der Waals surface area (Å²) in [5, 5.41) is 0. The number of hydrogen-bond donors (Lipinski definition) is 0. The minimum absolute atomic E-state index is 0.125. The largest absolute Gasteiger partial charge is 0.285 e. The molecule has 0 N–H and O–H groups in total. The summed E-state index contributed by atoms with van der Waals surface area (Å²) in [6.45, 7) is 0. The van der Waals surface area contributed by atoms with Gasteiger partial charge in [0.25, 0.3) is 10.0 Å².